The maximum Gasteiger partial charge on any atom is 0.348 e. The Morgan fingerprint density at radius 3 is 3.00 bits per heavy atom. The minimum atomic E-state index is -0.394. The van der Waals surface area contributed by atoms with Crippen molar-refractivity contribution in [3.8, 4) is 5.75 Å². The van der Waals surface area contributed by atoms with Gasteiger partial charge in [0.2, 0.25) is 0 Å². The molecule has 1 aromatic carbocycles. The first-order valence-corrected chi connectivity index (χ1v) is 11.0. The van der Waals surface area contributed by atoms with Gasteiger partial charge in [-0.2, -0.15) is 5.10 Å². The number of hydrogen-bond donors (Lipinski definition) is 3. The SMILES string of the molecule is CCOC(=O)c1cc2cc(C3NNC=C3NC(=O)c3cnn4cccnc34)c(OC)cc2s1. The number of thiophene rings is 1. The third kappa shape index (κ3) is 3.77. The van der Waals surface area contributed by atoms with Crippen LogP contribution in [0.15, 0.2) is 54.8 Å². The summed E-state index contributed by atoms with van der Waals surface area (Å²) in [5.41, 5.74) is 8.33. The van der Waals surface area contributed by atoms with Gasteiger partial charge in [0, 0.05) is 28.9 Å². The number of ether oxygens (including phenoxy) is 2. The summed E-state index contributed by atoms with van der Waals surface area (Å²) in [7, 11) is 1.58. The Bertz CT molecular complexity index is 1410. The van der Waals surface area contributed by atoms with Gasteiger partial charge in [-0.3, -0.25) is 4.79 Å². The highest BCUT2D eigenvalue weighted by atomic mass is 32.1. The van der Waals surface area contributed by atoms with Crippen LogP contribution < -0.4 is 20.9 Å². The topological polar surface area (TPSA) is 119 Å². The lowest BCUT2D eigenvalue weighted by atomic mass is 10.0. The van der Waals surface area contributed by atoms with Crippen LogP contribution in [0.25, 0.3) is 15.7 Å². The molecule has 4 heterocycles. The van der Waals surface area contributed by atoms with Crippen molar-refractivity contribution in [2.45, 2.75) is 13.0 Å². The van der Waals surface area contributed by atoms with Crippen molar-refractivity contribution in [1.82, 2.24) is 30.8 Å². The molecule has 0 aliphatic carbocycles. The van der Waals surface area contributed by atoms with Crippen molar-refractivity contribution in [2.75, 3.05) is 13.7 Å². The predicted octanol–water partition coefficient (Wildman–Crippen LogP) is 2.55. The zero-order chi connectivity index (χ0) is 22.9. The number of fused-ring (bicyclic) bond motifs is 2. The fraction of sp³-hybridized carbons (Fsp3) is 0.182. The number of esters is 1. The molecule has 11 heteroatoms. The molecule has 0 spiro atoms. The van der Waals surface area contributed by atoms with Crippen molar-refractivity contribution in [3.63, 3.8) is 0 Å². The minimum absolute atomic E-state index is 0.315. The molecule has 0 saturated carbocycles. The lowest BCUT2D eigenvalue weighted by Crippen LogP contribution is -2.31. The van der Waals surface area contributed by atoms with E-state index in [1.807, 2.05) is 12.1 Å². The van der Waals surface area contributed by atoms with Gasteiger partial charge in [0.1, 0.15) is 16.2 Å². The molecule has 168 valence electrons. The number of amides is 1. The molecule has 0 radical (unpaired) electrons. The fourth-order valence-corrected chi connectivity index (χ4v) is 4.66. The highest BCUT2D eigenvalue weighted by molar-refractivity contribution is 7.20. The van der Waals surface area contributed by atoms with E-state index in [1.165, 1.54) is 17.5 Å². The summed E-state index contributed by atoms with van der Waals surface area (Å²) in [6.07, 6.45) is 6.51. The maximum atomic E-state index is 13.0. The average molecular weight is 465 g/mol. The van der Waals surface area contributed by atoms with Crippen LogP contribution in [-0.4, -0.2) is 40.2 Å². The van der Waals surface area contributed by atoms with E-state index in [4.69, 9.17) is 9.47 Å². The second-order valence-corrected chi connectivity index (χ2v) is 8.27. The van der Waals surface area contributed by atoms with Gasteiger partial charge in [0.15, 0.2) is 5.65 Å². The summed E-state index contributed by atoms with van der Waals surface area (Å²) >= 11 is 1.35. The zero-order valence-electron chi connectivity index (χ0n) is 17.8. The van der Waals surface area contributed by atoms with Crippen LogP contribution in [0, 0.1) is 0 Å². The predicted molar refractivity (Wildman–Crippen MR) is 122 cm³/mol. The number of carbonyl (C=O) groups excluding carboxylic acids is 2. The van der Waals surface area contributed by atoms with Crippen LogP contribution >= 0.6 is 11.3 Å². The molecular weight excluding hydrogens is 444 g/mol. The van der Waals surface area contributed by atoms with Crippen molar-refractivity contribution in [2.24, 2.45) is 0 Å². The van der Waals surface area contributed by atoms with Gasteiger partial charge in [-0.1, -0.05) is 0 Å². The number of rotatable bonds is 6. The molecule has 1 aliphatic rings. The number of hydrogen-bond acceptors (Lipinski definition) is 9. The van der Waals surface area contributed by atoms with Crippen LogP contribution in [0.5, 0.6) is 5.75 Å². The molecule has 1 amide bonds. The summed E-state index contributed by atoms with van der Waals surface area (Å²) in [6, 6.07) is 6.97. The van der Waals surface area contributed by atoms with Crippen LogP contribution in [0.2, 0.25) is 0 Å². The summed E-state index contributed by atoms with van der Waals surface area (Å²) in [4.78, 5) is 29.9. The highest BCUT2D eigenvalue weighted by Crippen LogP contribution is 2.37. The van der Waals surface area contributed by atoms with E-state index in [9.17, 15) is 9.59 Å². The van der Waals surface area contributed by atoms with E-state index in [2.05, 4.69) is 26.3 Å². The Labute approximate surface area is 192 Å². The average Bonchev–Trinajstić information content (AvgIpc) is 3.55. The lowest BCUT2D eigenvalue weighted by molar-refractivity contribution is 0.0532. The molecule has 1 atom stereocenters. The van der Waals surface area contributed by atoms with Gasteiger partial charge in [-0.05, 0) is 36.6 Å². The molecule has 0 saturated heterocycles. The van der Waals surface area contributed by atoms with E-state index in [-0.39, 0.29) is 11.9 Å². The van der Waals surface area contributed by atoms with Crippen LogP contribution in [0.1, 0.15) is 38.6 Å². The molecular formula is C22H20N6O4S. The van der Waals surface area contributed by atoms with Crippen molar-refractivity contribution >= 4 is 38.9 Å². The van der Waals surface area contributed by atoms with Crippen LogP contribution in [0.4, 0.5) is 0 Å². The monoisotopic (exact) mass is 464 g/mol. The second kappa shape index (κ2) is 8.52. The minimum Gasteiger partial charge on any atom is -0.496 e. The van der Waals surface area contributed by atoms with Crippen molar-refractivity contribution < 1.29 is 19.1 Å². The Balaban J connectivity index is 1.45. The quantitative estimate of drug-likeness (QED) is 0.373. The third-order valence-corrected chi connectivity index (χ3v) is 6.28. The Morgan fingerprint density at radius 2 is 2.18 bits per heavy atom. The Hall–Kier alpha value is -3.96. The lowest BCUT2D eigenvalue weighted by Gasteiger charge is -2.19. The summed E-state index contributed by atoms with van der Waals surface area (Å²) in [5, 5.41) is 7.99. The normalized spacial score (nSPS) is 15.3. The van der Waals surface area contributed by atoms with Gasteiger partial charge >= 0.3 is 5.97 Å². The molecule has 4 aromatic rings. The number of nitrogens with one attached hydrogen (secondary N) is 3. The number of hydrazine groups is 1. The van der Waals surface area contributed by atoms with Gasteiger partial charge in [0.25, 0.3) is 5.91 Å². The number of carbonyl (C=O) groups is 2. The second-order valence-electron chi connectivity index (χ2n) is 7.18. The molecule has 3 aromatic heterocycles. The zero-order valence-corrected chi connectivity index (χ0v) is 18.6. The largest absolute Gasteiger partial charge is 0.496 e. The fourth-order valence-electron chi connectivity index (χ4n) is 3.69. The molecule has 33 heavy (non-hydrogen) atoms. The number of methoxy groups -OCH3 is 1. The van der Waals surface area contributed by atoms with Gasteiger partial charge in [0.05, 0.1) is 31.7 Å². The van der Waals surface area contributed by atoms with E-state index in [0.717, 1.165) is 15.6 Å². The van der Waals surface area contributed by atoms with Gasteiger partial charge in [-0.15, -0.1) is 11.3 Å². The van der Waals surface area contributed by atoms with Gasteiger partial charge in [-0.25, -0.2) is 19.7 Å². The molecule has 0 fully saturated rings. The smallest absolute Gasteiger partial charge is 0.348 e. The van der Waals surface area contributed by atoms with E-state index < -0.39 is 6.04 Å². The third-order valence-electron chi connectivity index (χ3n) is 5.20. The Kier molecular flexibility index (Phi) is 5.40. The maximum absolute atomic E-state index is 13.0. The van der Waals surface area contributed by atoms with E-state index in [1.54, 1.807) is 49.3 Å². The number of benzene rings is 1. The van der Waals surface area contributed by atoms with Crippen molar-refractivity contribution in [1.29, 1.82) is 0 Å². The molecule has 0 bridgehead atoms. The van der Waals surface area contributed by atoms with E-state index >= 15 is 0 Å². The first kappa shape index (κ1) is 20.9. The molecule has 3 N–H and O–H groups in total. The molecule has 1 aliphatic heterocycles. The highest BCUT2D eigenvalue weighted by Gasteiger charge is 2.28. The van der Waals surface area contributed by atoms with Crippen LogP contribution in [-0.2, 0) is 4.74 Å². The summed E-state index contributed by atoms with van der Waals surface area (Å²) in [6.45, 7) is 2.09. The number of aromatic nitrogens is 3. The Morgan fingerprint density at radius 1 is 1.30 bits per heavy atom. The first-order chi connectivity index (χ1) is 16.1. The molecule has 1 unspecified atom stereocenters. The summed E-state index contributed by atoms with van der Waals surface area (Å²) in [5.74, 6) is -0.0564. The van der Waals surface area contributed by atoms with Crippen molar-refractivity contribution in [3.05, 3.63) is 70.8 Å². The molecule has 5 rings (SSSR count). The van der Waals surface area contributed by atoms with Crippen LogP contribution in [0.3, 0.4) is 0 Å². The summed E-state index contributed by atoms with van der Waals surface area (Å²) < 4.78 is 13.2. The van der Waals surface area contributed by atoms with E-state index in [0.29, 0.717) is 34.1 Å². The standard InChI is InChI=1S/C22H20N6O4S/c1-3-32-22(30)18-8-12-7-13(16(31-2)9-17(12)33-18)19-15(11-24-27-19)26-21(29)14-10-25-28-6-4-5-23-20(14)28/h4-11,19,24,27H,3H2,1-2H3,(H,26,29). The number of nitrogens with zero attached hydrogens (tertiary/aromatic N) is 3. The first-order valence-electron chi connectivity index (χ1n) is 10.2. The molecule has 10 nitrogen and oxygen atoms in total. The van der Waals surface area contributed by atoms with Gasteiger partial charge < -0.3 is 20.2 Å².